The van der Waals surface area contributed by atoms with Crippen molar-refractivity contribution in [2.24, 2.45) is 5.92 Å². The highest BCUT2D eigenvalue weighted by Crippen LogP contribution is 2.23. The van der Waals surface area contributed by atoms with Crippen LogP contribution in [-0.4, -0.2) is 36.3 Å². The Bertz CT molecular complexity index is 782. The van der Waals surface area contributed by atoms with Gasteiger partial charge < -0.3 is 10.2 Å². The van der Waals surface area contributed by atoms with E-state index < -0.39 is 0 Å². The van der Waals surface area contributed by atoms with Crippen LogP contribution in [0.1, 0.15) is 33.6 Å². The average Bonchev–Trinajstić information content (AvgIpc) is 3.07. The van der Waals surface area contributed by atoms with Crippen molar-refractivity contribution in [3.8, 4) is 0 Å². The van der Waals surface area contributed by atoms with Crippen LogP contribution in [0.2, 0.25) is 0 Å². The fraction of sp³-hybridized carbons (Fsp3) is 0.400. The van der Waals surface area contributed by atoms with Crippen LogP contribution in [0.5, 0.6) is 0 Å². The SMILES string of the molecule is Cc1ccccc1C(=O)N1CCC(C(=O)NCCc2ccc(Br)s2)CC1. The monoisotopic (exact) mass is 434 g/mol. The van der Waals surface area contributed by atoms with Gasteiger partial charge in [-0.25, -0.2) is 0 Å². The van der Waals surface area contributed by atoms with Crippen molar-refractivity contribution in [2.45, 2.75) is 26.2 Å². The molecule has 0 aliphatic carbocycles. The van der Waals surface area contributed by atoms with Crippen LogP contribution in [0, 0.1) is 12.8 Å². The molecule has 1 fully saturated rings. The largest absolute Gasteiger partial charge is 0.355 e. The maximum absolute atomic E-state index is 12.7. The van der Waals surface area contributed by atoms with Gasteiger partial charge in [-0.3, -0.25) is 9.59 Å². The van der Waals surface area contributed by atoms with Crippen molar-refractivity contribution < 1.29 is 9.59 Å². The maximum Gasteiger partial charge on any atom is 0.254 e. The lowest BCUT2D eigenvalue weighted by Gasteiger charge is -2.31. The molecule has 0 radical (unpaired) electrons. The predicted molar refractivity (Wildman–Crippen MR) is 109 cm³/mol. The third kappa shape index (κ3) is 4.74. The van der Waals surface area contributed by atoms with Crippen LogP contribution in [-0.2, 0) is 11.2 Å². The van der Waals surface area contributed by atoms with Gasteiger partial charge in [0.05, 0.1) is 3.79 Å². The Morgan fingerprint density at radius 3 is 2.58 bits per heavy atom. The van der Waals surface area contributed by atoms with E-state index in [1.165, 1.54) is 4.88 Å². The molecular weight excluding hydrogens is 412 g/mol. The smallest absolute Gasteiger partial charge is 0.254 e. The van der Waals surface area contributed by atoms with Gasteiger partial charge in [0.25, 0.3) is 5.91 Å². The van der Waals surface area contributed by atoms with E-state index in [9.17, 15) is 9.59 Å². The quantitative estimate of drug-likeness (QED) is 0.771. The van der Waals surface area contributed by atoms with Crippen LogP contribution >= 0.6 is 27.3 Å². The molecule has 2 aromatic rings. The Kier molecular flexibility index (Phi) is 6.48. The molecule has 1 aliphatic heterocycles. The molecule has 2 amide bonds. The first kappa shape index (κ1) is 19.1. The summed E-state index contributed by atoms with van der Waals surface area (Å²) in [5, 5.41) is 3.04. The number of nitrogens with zero attached hydrogens (tertiary/aromatic N) is 1. The number of aryl methyl sites for hydroxylation is 1. The minimum Gasteiger partial charge on any atom is -0.355 e. The fourth-order valence-electron chi connectivity index (χ4n) is 3.27. The van der Waals surface area contributed by atoms with Gasteiger partial charge in [0.1, 0.15) is 0 Å². The number of hydrogen-bond acceptors (Lipinski definition) is 3. The molecule has 0 spiro atoms. The molecule has 0 unspecified atom stereocenters. The van der Waals surface area contributed by atoms with Gasteiger partial charge in [-0.2, -0.15) is 0 Å². The molecule has 0 bridgehead atoms. The lowest BCUT2D eigenvalue weighted by atomic mass is 9.95. The third-order valence-corrected chi connectivity index (χ3v) is 6.51. The van der Waals surface area contributed by atoms with Gasteiger partial charge in [-0.1, -0.05) is 18.2 Å². The third-order valence-electron chi connectivity index (χ3n) is 4.83. The average molecular weight is 435 g/mol. The predicted octanol–water partition coefficient (Wildman–Crippen LogP) is 4.03. The van der Waals surface area contributed by atoms with Crippen molar-refractivity contribution in [1.82, 2.24) is 10.2 Å². The summed E-state index contributed by atoms with van der Waals surface area (Å²) in [7, 11) is 0. The lowest BCUT2D eigenvalue weighted by molar-refractivity contribution is -0.126. The lowest BCUT2D eigenvalue weighted by Crippen LogP contribution is -2.43. The zero-order valence-electron chi connectivity index (χ0n) is 14.8. The molecule has 26 heavy (non-hydrogen) atoms. The number of rotatable bonds is 5. The Morgan fingerprint density at radius 1 is 1.19 bits per heavy atom. The Balaban J connectivity index is 1.45. The zero-order chi connectivity index (χ0) is 18.5. The van der Waals surface area contributed by atoms with E-state index in [4.69, 9.17) is 0 Å². The summed E-state index contributed by atoms with van der Waals surface area (Å²) in [4.78, 5) is 28.2. The summed E-state index contributed by atoms with van der Waals surface area (Å²) < 4.78 is 1.12. The summed E-state index contributed by atoms with van der Waals surface area (Å²) in [6.07, 6.45) is 2.31. The molecule has 0 saturated carbocycles. The number of nitrogens with one attached hydrogen (secondary N) is 1. The number of piperidine rings is 1. The molecule has 4 nitrogen and oxygen atoms in total. The molecule has 138 valence electrons. The van der Waals surface area contributed by atoms with E-state index >= 15 is 0 Å². The minimum atomic E-state index is 0.00555. The van der Waals surface area contributed by atoms with Gasteiger partial charge >= 0.3 is 0 Å². The second-order valence-corrected chi connectivity index (χ2v) is 9.18. The van der Waals surface area contributed by atoms with Crippen LogP contribution < -0.4 is 5.32 Å². The summed E-state index contributed by atoms with van der Waals surface area (Å²) in [5.41, 5.74) is 1.76. The van der Waals surface area contributed by atoms with Crippen molar-refractivity contribution in [2.75, 3.05) is 19.6 Å². The van der Waals surface area contributed by atoms with Crippen LogP contribution in [0.3, 0.4) is 0 Å². The molecule has 1 aromatic carbocycles. The second kappa shape index (κ2) is 8.82. The summed E-state index contributed by atoms with van der Waals surface area (Å²) in [6, 6.07) is 11.8. The van der Waals surface area contributed by atoms with Crippen LogP contribution in [0.4, 0.5) is 0 Å². The number of carbonyl (C=O) groups is 2. The van der Waals surface area contributed by atoms with Gasteiger partial charge in [-0.05, 0) is 65.9 Å². The minimum absolute atomic E-state index is 0.00555. The van der Waals surface area contributed by atoms with Gasteiger partial charge in [0.2, 0.25) is 5.91 Å². The Labute approximate surface area is 166 Å². The van der Waals surface area contributed by atoms with Crippen molar-refractivity contribution >= 4 is 39.1 Å². The summed E-state index contributed by atoms with van der Waals surface area (Å²) in [5.74, 6) is 0.194. The number of likely N-dealkylation sites (tertiary alicyclic amines) is 1. The first-order chi connectivity index (χ1) is 12.5. The number of carbonyl (C=O) groups excluding carboxylic acids is 2. The molecule has 1 N–H and O–H groups in total. The van der Waals surface area contributed by atoms with Gasteiger partial charge in [-0.15, -0.1) is 11.3 Å². The van der Waals surface area contributed by atoms with Gasteiger partial charge in [0, 0.05) is 36.0 Å². The van der Waals surface area contributed by atoms with Crippen molar-refractivity contribution in [3.05, 3.63) is 56.2 Å². The van der Waals surface area contributed by atoms with E-state index in [0.29, 0.717) is 19.6 Å². The first-order valence-corrected chi connectivity index (χ1v) is 10.5. The second-order valence-electron chi connectivity index (χ2n) is 6.63. The zero-order valence-corrected chi connectivity index (χ0v) is 17.2. The van der Waals surface area contributed by atoms with E-state index in [1.807, 2.05) is 42.2 Å². The standard InChI is InChI=1S/C20H23BrN2O2S/c1-14-4-2-3-5-17(14)20(25)23-12-9-15(10-13-23)19(24)22-11-8-16-6-7-18(21)26-16/h2-7,15H,8-13H2,1H3,(H,22,24). The van der Waals surface area contributed by atoms with Crippen LogP contribution in [0.25, 0.3) is 0 Å². The topological polar surface area (TPSA) is 49.4 Å². The molecular formula is C20H23BrN2O2S. The highest BCUT2D eigenvalue weighted by Gasteiger charge is 2.28. The fourth-order valence-corrected chi connectivity index (χ4v) is 4.75. The molecule has 1 aromatic heterocycles. The summed E-state index contributed by atoms with van der Waals surface area (Å²) >= 11 is 5.15. The maximum atomic E-state index is 12.7. The van der Waals surface area contributed by atoms with Gasteiger partial charge in [0.15, 0.2) is 0 Å². The van der Waals surface area contributed by atoms with Crippen molar-refractivity contribution in [1.29, 1.82) is 0 Å². The number of thiophene rings is 1. The highest BCUT2D eigenvalue weighted by atomic mass is 79.9. The number of halogens is 1. The normalized spacial score (nSPS) is 15.1. The van der Waals surface area contributed by atoms with Crippen molar-refractivity contribution in [3.63, 3.8) is 0 Å². The number of benzene rings is 1. The Hall–Kier alpha value is -1.66. The van der Waals surface area contributed by atoms with E-state index in [0.717, 1.165) is 34.2 Å². The number of amides is 2. The highest BCUT2D eigenvalue weighted by molar-refractivity contribution is 9.11. The molecule has 2 heterocycles. The molecule has 6 heteroatoms. The summed E-state index contributed by atoms with van der Waals surface area (Å²) in [6.45, 7) is 3.90. The molecule has 0 atom stereocenters. The molecule has 1 aliphatic rings. The van der Waals surface area contributed by atoms with E-state index in [-0.39, 0.29) is 17.7 Å². The Morgan fingerprint density at radius 2 is 1.92 bits per heavy atom. The molecule has 3 rings (SSSR count). The van der Waals surface area contributed by atoms with E-state index in [2.05, 4.69) is 27.3 Å². The first-order valence-electron chi connectivity index (χ1n) is 8.91. The van der Waals surface area contributed by atoms with Crippen LogP contribution in [0.15, 0.2) is 40.2 Å². The molecule has 1 saturated heterocycles. The number of hydrogen-bond donors (Lipinski definition) is 1. The van der Waals surface area contributed by atoms with E-state index in [1.54, 1.807) is 11.3 Å².